The number of hydrogen-bond donors (Lipinski definition) is 0. The van der Waals surface area contributed by atoms with E-state index in [1.807, 2.05) is 0 Å². The fourth-order valence-corrected chi connectivity index (χ4v) is 1.85. The van der Waals surface area contributed by atoms with Crippen LogP contribution in [0, 0.1) is 0 Å². The first kappa shape index (κ1) is 12.2. The van der Waals surface area contributed by atoms with Crippen molar-refractivity contribution in [3.63, 3.8) is 0 Å². The number of carbonyl (C=O) groups is 2. The Morgan fingerprint density at radius 2 is 2.13 bits per heavy atom. The predicted octanol–water partition coefficient (Wildman–Crippen LogP) is 2.39. The van der Waals surface area contributed by atoms with E-state index in [1.165, 1.54) is 7.11 Å². The van der Waals surface area contributed by atoms with Gasteiger partial charge in [0.1, 0.15) is 0 Å². The number of Topliss-reactive ketones (excluding diaryl/α,β-unsaturated/α-hetero) is 1. The van der Waals surface area contributed by atoms with Crippen molar-refractivity contribution in [2.45, 2.75) is 6.42 Å². The number of methoxy groups -OCH3 is 1. The fraction of sp³-hybridized carbons (Fsp3) is 0.200. The van der Waals surface area contributed by atoms with Gasteiger partial charge in [0.15, 0.2) is 0 Å². The van der Waals surface area contributed by atoms with Crippen molar-refractivity contribution in [2.24, 2.45) is 0 Å². The summed E-state index contributed by atoms with van der Waals surface area (Å²) in [4.78, 5) is 22.1. The first-order chi connectivity index (χ1) is 7.04. The van der Waals surface area contributed by atoms with Gasteiger partial charge in [-0.05, 0) is 17.7 Å². The largest absolute Gasteiger partial charge is 0.463 e. The lowest BCUT2D eigenvalue weighted by atomic mass is 10.1. The SMILES string of the molecule is COC(=O)C(=O)Cc1ccc(Cl)cc1Br. The van der Waals surface area contributed by atoms with Gasteiger partial charge in [-0.3, -0.25) is 4.79 Å². The molecule has 1 rings (SSSR count). The van der Waals surface area contributed by atoms with Gasteiger partial charge in [0.25, 0.3) is 0 Å². The van der Waals surface area contributed by atoms with Crippen LogP contribution in [0.25, 0.3) is 0 Å². The predicted molar refractivity (Wildman–Crippen MR) is 59.9 cm³/mol. The zero-order chi connectivity index (χ0) is 11.4. The zero-order valence-electron chi connectivity index (χ0n) is 7.92. The Morgan fingerprint density at radius 1 is 1.47 bits per heavy atom. The summed E-state index contributed by atoms with van der Waals surface area (Å²) in [7, 11) is 1.18. The van der Waals surface area contributed by atoms with Gasteiger partial charge in [0.05, 0.1) is 7.11 Å². The van der Waals surface area contributed by atoms with Crippen LogP contribution in [0.15, 0.2) is 22.7 Å². The third-order valence-electron chi connectivity index (χ3n) is 1.78. The maximum absolute atomic E-state index is 11.3. The van der Waals surface area contributed by atoms with E-state index in [0.717, 1.165) is 0 Å². The first-order valence-electron chi connectivity index (χ1n) is 4.09. The molecule has 0 N–H and O–H groups in total. The molecule has 0 unspecified atom stereocenters. The van der Waals surface area contributed by atoms with E-state index >= 15 is 0 Å². The summed E-state index contributed by atoms with van der Waals surface area (Å²) in [5, 5.41) is 0.566. The molecule has 0 aliphatic rings. The van der Waals surface area contributed by atoms with Gasteiger partial charge in [-0.1, -0.05) is 33.6 Å². The maximum Gasteiger partial charge on any atom is 0.374 e. The van der Waals surface area contributed by atoms with Crippen LogP contribution in [-0.2, 0) is 20.7 Å². The Hall–Kier alpha value is -0.870. The summed E-state index contributed by atoms with van der Waals surface area (Å²) in [6.45, 7) is 0. The molecule has 1 aromatic rings. The highest BCUT2D eigenvalue weighted by Gasteiger charge is 2.15. The van der Waals surface area contributed by atoms with Gasteiger partial charge < -0.3 is 4.74 Å². The number of benzene rings is 1. The van der Waals surface area contributed by atoms with Crippen molar-refractivity contribution in [2.75, 3.05) is 7.11 Å². The second-order valence-corrected chi connectivity index (χ2v) is 4.12. The first-order valence-corrected chi connectivity index (χ1v) is 5.26. The van der Waals surface area contributed by atoms with Crippen LogP contribution in [0.4, 0.5) is 0 Å². The summed E-state index contributed by atoms with van der Waals surface area (Å²) in [5.41, 5.74) is 0.704. The van der Waals surface area contributed by atoms with Crippen LogP contribution < -0.4 is 0 Å². The lowest BCUT2D eigenvalue weighted by molar-refractivity contribution is -0.151. The molecule has 80 valence electrons. The minimum Gasteiger partial charge on any atom is -0.463 e. The second kappa shape index (κ2) is 5.28. The molecule has 0 spiro atoms. The molecule has 0 saturated carbocycles. The molecule has 0 radical (unpaired) electrons. The average Bonchev–Trinajstić information content (AvgIpc) is 2.20. The Balaban J connectivity index is 2.81. The Bertz CT molecular complexity index is 404. The third kappa shape index (κ3) is 3.32. The number of halogens is 2. The summed E-state index contributed by atoms with van der Waals surface area (Å²) in [6, 6.07) is 5.01. The molecular weight excluding hydrogens is 283 g/mol. The highest BCUT2D eigenvalue weighted by atomic mass is 79.9. The standard InChI is InChI=1S/C10H8BrClO3/c1-15-10(14)9(13)4-6-2-3-7(12)5-8(6)11/h2-3,5H,4H2,1H3. The monoisotopic (exact) mass is 290 g/mol. The quantitative estimate of drug-likeness (QED) is 0.634. The van der Waals surface area contributed by atoms with Crippen molar-refractivity contribution in [1.82, 2.24) is 0 Å². The van der Waals surface area contributed by atoms with Crippen LogP contribution in [0.1, 0.15) is 5.56 Å². The highest BCUT2D eigenvalue weighted by Crippen LogP contribution is 2.22. The van der Waals surface area contributed by atoms with Crippen LogP contribution >= 0.6 is 27.5 Å². The van der Waals surface area contributed by atoms with Gasteiger partial charge in [0, 0.05) is 15.9 Å². The number of ketones is 1. The van der Waals surface area contributed by atoms with Crippen molar-refractivity contribution >= 4 is 39.3 Å². The Morgan fingerprint density at radius 3 is 2.67 bits per heavy atom. The minimum absolute atomic E-state index is 0.00439. The van der Waals surface area contributed by atoms with Gasteiger partial charge in [-0.15, -0.1) is 0 Å². The molecule has 0 aliphatic carbocycles. The zero-order valence-corrected chi connectivity index (χ0v) is 10.3. The molecule has 0 bridgehead atoms. The highest BCUT2D eigenvalue weighted by molar-refractivity contribution is 9.10. The Kier molecular flexibility index (Phi) is 4.29. The maximum atomic E-state index is 11.3. The third-order valence-corrected chi connectivity index (χ3v) is 2.75. The molecule has 1 aromatic carbocycles. The number of carbonyl (C=O) groups excluding carboxylic acids is 2. The van der Waals surface area contributed by atoms with Gasteiger partial charge >= 0.3 is 5.97 Å². The van der Waals surface area contributed by atoms with Crippen molar-refractivity contribution < 1.29 is 14.3 Å². The van der Waals surface area contributed by atoms with E-state index in [1.54, 1.807) is 18.2 Å². The summed E-state index contributed by atoms with van der Waals surface area (Å²) >= 11 is 8.99. The number of hydrogen-bond acceptors (Lipinski definition) is 3. The summed E-state index contributed by atoms with van der Waals surface area (Å²) < 4.78 is 5.02. The lowest BCUT2D eigenvalue weighted by Gasteiger charge is -2.03. The molecule has 0 amide bonds. The van der Waals surface area contributed by atoms with Crippen LogP contribution in [0.2, 0.25) is 5.02 Å². The Labute approximate surface area is 100 Å². The molecule has 3 nitrogen and oxygen atoms in total. The fourth-order valence-electron chi connectivity index (χ4n) is 1.02. The summed E-state index contributed by atoms with van der Waals surface area (Å²) in [5.74, 6) is -1.42. The lowest BCUT2D eigenvalue weighted by Crippen LogP contribution is -2.17. The van der Waals surface area contributed by atoms with Crippen molar-refractivity contribution in [3.8, 4) is 0 Å². The van der Waals surface area contributed by atoms with Gasteiger partial charge in [-0.25, -0.2) is 4.79 Å². The van der Waals surface area contributed by atoms with E-state index in [9.17, 15) is 9.59 Å². The average molecular weight is 292 g/mol. The molecule has 0 saturated heterocycles. The van der Waals surface area contributed by atoms with Gasteiger partial charge in [0.2, 0.25) is 5.78 Å². The van der Waals surface area contributed by atoms with E-state index in [2.05, 4.69) is 20.7 Å². The molecule has 0 aromatic heterocycles. The number of esters is 1. The van der Waals surface area contributed by atoms with Crippen LogP contribution in [0.5, 0.6) is 0 Å². The molecule has 0 fully saturated rings. The summed E-state index contributed by atoms with van der Waals surface area (Å²) in [6.07, 6.45) is 0.00439. The molecule has 15 heavy (non-hydrogen) atoms. The van der Waals surface area contributed by atoms with E-state index in [0.29, 0.717) is 15.1 Å². The van der Waals surface area contributed by atoms with Crippen molar-refractivity contribution in [1.29, 1.82) is 0 Å². The molecular formula is C10H8BrClO3. The topological polar surface area (TPSA) is 43.4 Å². The minimum atomic E-state index is -0.836. The van der Waals surface area contributed by atoms with Crippen LogP contribution in [0.3, 0.4) is 0 Å². The van der Waals surface area contributed by atoms with Gasteiger partial charge in [-0.2, -0.15) is 0 Å². The van der Waals surface area contributed by atoms with E-state index in [-0.39, 0.29) is 6.42 Å². The van der Waals surface area contributed by atoms with E-state index in [4.69, 9.17) is 11.6 Å². The normalized spacial score (nSPS) is 9.80. The van der Waals surface area contributed by atoms with Crippen molar-refractivity contribution in [3.05, 3.63) is 33.3 Å². The molecule has 0 aliphatic heterocycles. The number of ether oxygens (including phenoxy) is 1. The second-order valence-electron chi connectivity index (χ2n) is 2.83. The number of rotatable bonds is 3. The van der Waals surface area contributed by atoms with Crippen LogP contribution in [-0.4, -0.2) is 18.9 Å². The molecule has 0 atom stereocenters. The molecule has 5 heteroatoms. The molecule has 0 heterocycles. The van der Waals surface area contributed by atoms with E-state index < -0.39 is 11.8 Å². The smallest absolute Gasteiger partial charge is 0.374 e.